The van der Waals surface area contributed by atoms with E-state index in [1.807, 2.05) is 5.32 Å². The van der Waals surface area contributed by atoms with E-state index in [1.54, 1.807) is 13.8 Å². The van der Waals surface area contributed by atoms with Gasteiger partial charge in [-0.2, -0.15) is 0 Å². The van der Waals surface area contributed by atoms with Crippen molar-refractivity contribution in [3.8, 4) is 0 Å². The van der Waals surface area contributed by atoms with Gasteiger partial charge in [0.25, 0.3) is 0 Å². The van der Waals surface area contributed by atoms with Gasteiger partial charge in [0.15, 0.2) is 0 Å². The topological polar surface area (TPSA) is 104 Å². The van der Waals surface area contributed by atoms with Gasteiger partial charge >= 0.3 is 17.8 Å². The van der Waals surface area contributed by atoms with Crippen molar-refractivity contribution in [3.05, 3.63) is 0 Å². The summed E-state index contributed by atoms with van der Waals surface area (Å²) in [6, 6.07) is -1.14. The van der Waals surface area contributed by atoms with E-state index in [-0.39, 0.29) is 12.3 Å². The lowest BCUT2D eigenvalue weighted by molar-refractivity contribution is -0.152. The zero-order valence-corrected chi connectivity index (χ0v) is 7.98. The van der Waals surface area contributed by atoms with Crippen molar-refractivity contribution in [1.82, 2.24) is 5.32 Å². The van der Waals surface area contributed by atoms with E-state index in [0.717, 1.165) is 0 Å². The summed E-state index contributed by atoms with van der Waals surface area (Å²) in [5, 5.41) is 18.8. The average molecular weight is 203 g/mol. The molecule has 0 radical (unpaired) electrons. The van der Waals surface area contributed by atoms with Crippen LogP contribution < -0.4 is 5.32 Å². The molecular formula is C8H13NO5. The van der Waals surface area contributed by atoms with Gasteiger partial charge in [-0.05, 0) is 12.3 Å². The van der Waals surface area contributed by atoms with E-state index in [9.17, 15) is 14.4 Å². The van der Waals surface area contributed by atoms with Crippen molar-refractivity contribution in [2.75, 3.05) is 0 Å². The Labute approximate surface area is 80.9 Å². The van der Waals surface area contributed by atoms with Crippen LogP contribution in [0.25, 0.3) is 0 Å². The van der Waals surface area contributed by atoms with Gasteiger partial charge in [0.2, 0.25) is 0 Å². The van der Waals surface area contributed by atoms with Crippen LogP contribution in [0.1, 0.15) is 20.3 Å². The lowest BCUT2D eigenvalue weighted by Crippen LogP contribution is -2.44. The molecule has 0 bridgehead atoms. The van der Waals surface area contributed by atoms with Gasteiger partial charge in [-0.3, -0.25) is 4.79 Å². The number of aliphatic carboxylic acids is 2. The number of carboxylic acids is 2. The zero-order chi connectivity index (χ0) is 11.3. The summed E-state index contributed by atoms with van der Waals surface area (Å²) in [6.07, 6.45) is 0.203. The maximum atomic E-state index is 10.7. The fourth-order valence-electron chi connectivity index (χ4n) is 0.913. The molecule has 0 aromatic rings. The highest BCUT2D eigenvalue weighted by Gasteiger charge is 2.23. The minimum absolute atomic E-state index is 0.0604. The number of carbonyl (C=O) groups is 3. The number of hydrogen-bond acceptors (Lipinski definition) is 3. The number of rotatable bonds is 4. The first-order chi connectivity index (χ1) is 6.34. The minimum atomic E-state index is -1.68. The maximum absolute atomic E-state index is 10.7. The average Bonchev–Trinajstić information content (AvgIpc) is 2.01. The molecule has 6 heteroatoms. The molecule has 1 atom stereocenters. The Bertz CT molecular complexity index is 248. The summed E-state index contributed by atoms with van der Waals surface area (Å²) in [5.41, 5.74) is 0. The Kier molecular flexibility index (Phi) is 4.62. The van der Waals surface area contributed by atoms with Crippen molar-refractivity contribution in [2.24, 2.45) is 5.92 Å². The Balaban J connectivity index is 4.31. The van der Waals surface area contributed by atoms with E-state index in [4.69, 9.17) is 10.2 Å². The van der Waals surface area contributed by atoms with Gasteiger partial charge in [0.05, 0.1) is 0 Å². The van der Waals surface area contributed by atoms with Gasteiger partial charge in [-0.15, -0.1) is 0 Å². The third-order valence-electron chi connectivity index (χ3n) is 1.50. The van der Waals surface area contributed by atoms with Gasteiger partial charge in [-0.25, -0.2) is 9.59 Å². The van der Waals surface area contributed by atoms with E-state index in [0.29, 0.717) is 0 Å². The highest BCUT2D eigenvalue weighted by molar-refractivity contribution is 6.31. The smallest absolute Gasteiger partial charge is 0.394 e. The summed E-state index contributed by atoms with van der Waals surface area (Å²) in [4.78, 5) is 31.4. The molecule has 0 aromatic heterocycles. The highest BCUT2D eigenvalue weighted by atomic mass is 16.4. The third kappa shape index (κ3) is 4.44. The molecule has 1 amide bonds. The van der Waals surface area contributed by atoms with Crippen molar-refractivity contribution in [2.45, 2.75) is 26.3 Å². The van der Waals surface area contributed by atoms with Crippen LogP contribution in [0, 0.1) is 5.92 Å². The number of carboxylic acid groups (broad SMARTS) is 2. The second-order valence-corrected chi connectivity index (χ2v) is 3.30. The molecule has 0 heterocycles. The molecule has 80 valence electrons. The van der Waals surface area contributed by atoms with Crippen LogP contribution in [-0.4, -0.2) is 34.1 Å². The summed E-state index contributed by atoms with van der Waals surface area (Å²) in [6.45, 7) is 3.56. The van der Waals surface area contributed by atoms with Crippen LogP contribution in [-0.2, 0) is 14.4 Å². The van der Waals surface area contributed by atoms with Crippen LogP contribution in [0.4, 0.5) is 0 Å². The molecule has 0 aliphatic heterocycles. The van der Waals surface area contributed by atoms with Crippen LogP contribution in [0.3, 0.4) is 0 Å². The largest absolute Gasteiger partial charge is 0.480 e. The summed E-state index contributed by atoms with van der Waals surface area (Å²) < 4.78 is 0. The normalized spacial score (nSPS) is 12.2. The lowest BCUT2D eigenvalue weighted by Gasteiger charge is -2.14. The third-order valence-corrected chi connectivity index (χ3v) is 1.50. The molecule has 0 spiro atoms. The first-order valence-corrected chi connectivity index (χ1v) is 4.11. The molecule has 0 aromatic carbocycles. The number of carbonyl (C=O) groups excluding carboxylic acids is 1. The fourth-order valence-corrected chi connectivity index (χ4v) is 0.913. The second-order valence-electron chi connectivity index (χ2n) is 3.30. The summed E-state index contributed by atoms with van der Waals surface area (Å²) in [7, 11) is 0. The molecular weight excluding hydrogens is 190 g/mol. The SMILES string of the molecule is CC(C)C[C@@H](NC(=O)C(=O)O)C(=O)O. The summed E-state index contributed by atoms with van der Waals surface area (Å²) >= 11 is 0. The molecule has 0 unspecified atom stereocenters. The first-order valence-electron chi connectivity index (χ1n) is 4.11. The molecule has 14 heavy (non-hydrogen) atoms. The zero-order valence-electron chi connectivity index (χ0n) is 7.98. The van der Waals surface area contributed by atoms with Crippen LogP contribution in [0.5, 0.6) is 0 Å². The summed E-state index contributed by atoms with van der Waals surface area (Å²) in [5.74, 6) is -4.14. The lowest BCUT2D eigenvalue weighted by atomic mass is 10.0. The van der Waals surface area contributed by atoms with E-state index in [2.05, 4.69) is 0 Å². The Hall–Kier alpha value is -1.59. The number of hydrogen-bond donors (Lipinski definition) is 3. The van der Waals surface area contributed by atoms with Crippen LogP contribution in [0.15, 0.2) is 0 Å². The molecule has 0 fully saturated rings. The Morgan fingerprint density at radius 3 is 2.00 bits per heavy atom. The van der Waals surface area contributed by atoms with E-state index in [1.165, 1.54) is 0 Å². The predicted octanol–water partition coefficient (Wildman–Crippen LogP) is -0.313. The Morgan fingerprint density at radius 2 is 1.71 bits per heavy atom. The molecule has 0 aliphatic rings. The fraction of sp³-hybridized carbons (Fsp3) is 0.625. The number of nitrogens with one attached hydrogen (secondary N) is 1. The van der Waals surface area contributed by atoms with Gasteiger partial charge in [-0.1, -0.05) is 13.8 Å². The molecule has 0 aliphatic carbocycles. The van der Waals surface area contributed by atoms with Crippen LogP contribution >= 0.6 is 0 Å². The second kappa shape index (κ2) is 5.21. The van der Waals surface area contributed by atoms with Gasteiger partial charge in [0.1, 0.15) is 6.04 Å². The molecule has 0 rings (SSSR count). The quantitative estimate of drug-likeness (QED) is 0.543. The van der Waals surface area contributed by atoms with Crippen molar-refractivity contribution in [1.29, 1.82) is 0 Å². The monoisotopic (exact) mass is 203 g/mol. The minimum Gasteiger partial charge on any atom is -0.480 e. The standard InChI is InChI=1S/C8H13NO5/c1-4(2)3-5(7(11)12)9-6(10)8(13)14/h4-5H,3H2,1-2H3,(H,9,10)(H,11,12)(H,13,14)/t5-/m1/s1. The van der Waals surface area contributed by atoms with Crippen molar-refractivity contribution < 1.29 is 24.6 Å². The molecule has 0 saturated carbocycles. The maximum Gasteiger partial charge on any atom is 0.394 e. The molecule has 3 N–H and O–H groups in total. The Morgan fingerprint density at radius 1 is 1.21 bits per heavy atom. The molecule has 0 saturated heterocycles. The van der Waals surface area contributed by atoms with Crippen molar-refractivity contribution in [3.63, 3.8) is 0 Å². The molecule has 6 nitrogen and oxygen atoms in total. The predicted molar refractivity (Wildman–Crippen MR) is 46.7 cm³/mol. The van der Waals surface area contributed by atoms with Gasteiger partial charge < -0.3 is 15.5 Å². The highest BCUT2D eigenvalue weighted by Crippen LogP contribution is 2.04. The van der Waals surface area contributed by atoms with E-state index < -0.39 is 23.9 Å². The van der Waals surface area contributed by atoms with Crippen LogP contribution in [0.2, 0.25) is 0 Å². The number of amides is 1. The van der Waals surface area contributed by atoms with Gasteiger partial charge in [0, 0.05) is 0 Å². The first kappa shape index (κ1) is 12.4. The van der Waals surface area contributed by atoms with Crippen molar-refractivity contribution >= 4 is 17.8 Å². The van der Waals surface area contributed by atoms with E-state index >= 15 is 0 Å².